The summed E-state index contributed by atoms with van der Waals surface area (Å²) in [5.41, 5.74) is 2.85. The Morgan fingerprint density at radius 3 is 2.67 bits per heavy atom. The van der Waals surface area contributed by atoms with Crippen molar-refractivity contribution in [2.45, 2.75) is 38.8 Å². The number of rotatable bonds is 5. The summed E-state index contributed by atoms with van der Waals surface area (Å²) in [5, 5.41) is 4.95. The molecule has 2 heterocycles. The summed E-state index contributed by atoms with van der Waals surface area (Å²) in [7, 11) is 0. The largest absolute Gasteiger partial charge is 0.423 e. The molecule has 1 atom stereocenters. The highest BCUT2D eigenvalue weighted by Gasteiger charge is 2.24. The van der Waals surface area contributed by atoms with Crippen LogP contribution in [0, 0.1) is 0 Å². The molecule has 1 fully saturated rings. The van der Waals surface area contributed by atoms with E-state index in [0.29, 0.717) is 10.6 Å². The Bertz CT molecular complexity index is 1130. The van der Waals surface area contributed by atoms with E-state index in [1.807, 2.05) is 24.3 Å². The number of carbonyl (C=O) groups excluding carboxylic acids is 1. The number of ketones is 1. The quantitative estimate of drug-likeness (QED) is 0.445. The third-order valence-electron chi connectivity index (χ3n) is 5.92. The topological polar surface area (TPSA) is 62.6 Å². The number of likely N-dealkylation sites (tertiary alicyclic amines) is 1. The molecule has 0 aliphatic carbocycles. The number of nitrogens with one attached hydrogen (secondary N) is 1. The smallest absolute Gasteiger partial charge is 0.338 e. The van der Waals surface area contributed by atoms with Gasteiger partial charge in [0.2, 0.25) is 0 Å². The van der Waals surface area contributed by atoms with Gasteiger partial charge >= 0.3 is 5.63 Å². The Kier molecular flexibility index (Phi) is 5.93. The molecule has 0 spiro atoms. The summed E-state index contributed by atoms with van der Waals surface area (Å²) in [6, 6.07) is 15.2. The molecule has 0 bridgehead atoms. The summed E-state index contributed by atoms with van der Waals surface area (Å²) in [6.07, 6.45) is 1.91. The fourth-order valence-electron chi connectivity index (χ4n) is 4.13. The van der Waals surface area contributed by atoms with E-state index in [-0.39, 0.29) is 23.5 Å². The molecule has 1 aliphatic heterocycles. The second kappa shape index (κ2) is 8.62. The lowest BCUT2D eigenvalue weighted by Crippen LogP contribution is -2.40. The van der Waals surface area contributed by atoms with Crippen LogP contribution in [0.15, 0.2) is 57.7 Å². The zero-order valence-electron chi connectivity index (χ0n) is 17.2. The predicted octanol–water partition coefficient (Wildman–Crippen LogP) is 5.29. The summed E-state index contributed by atoms with van der Waals surface area (Å²) < 4.78 is 5.28. The molecular weight excluding hydrogens is 400 g/mol. The van der Waals surface area contributed by atoms with E-state index in [4.69, 9.17) is 16.0 Å². The number of anilines is 1. The number of hydrogen-bond donors (Lipinski definition) is 1. The number of nitrogens with zero attached hydrogens (tertiary/aromatic N) is 1. The Morgan fingerprint density at radius 2 is 1.93 bits per heavy atom. The van der Waals surface area contributed by atoms with Gasteiger partial charge in [0.15, 0.2) is 5.78 Å². The summed E-state index contributed by atoms with van der Waals surface area (Å²) in [6.45, 7) is 5.65. The predicted molar refractivity (Wildman–Crippen MR) is 121 cm³/mol. The van der Waals surface area contributed by atoms with E-state index in [9.17, 15) is 9.59 Å². The number of piperidine rings is 1. The number of carbonyl (C=O) groups is 1. The van der Waals surface area contributed by atoms with Crippen molar-refractivity contribution in [1.82, 2.24) is 4.90 Å². The molecule has 1 aliphatic rings. The molecule has 1 aromatic heterocycles. The van der Waals surface area contributed by atoms with Crippen molar-refractivity contribution in [1.29, 1.82) is 0 Å². The molecule has 1 saturated heterocycles. The normalized spacial score (nSPS) is 16.5. The van der Waals surface area contributed by atoms with Crippen molar-refractivity contribution in [2.24, 2.45) is 0 Å². The molecule has 156 valence electrons. The minimum Gasteiger partial charge on any atom is -0.423 e. The lowest BCUT2D eigenvalue weighted by atomic mass is 9.98. The molecule has 30 heavy (non-hydrogen) atoms. The maximum absolute atomic E-state index is 11.9. The average molecular weight is 425 g/mol. The van der Waals surface area contributed by atoms with Gasteiger partial charge in [0.25, 0.3) is 0 Å². The zero-order chi connectivity index (χ0) is 21.3. The Morgan fingerprint density at radius 1 is 1.17 bits per heavy atom. The van der Waals surface area contributed by atoms with E-state index >= 15 is 0 Å². The van der Waals surface area contributed by atoms with Gasteiger partial charge in [-0.3, -0.25) is 9.69 Å². The van der Waals surface area contributed by atoms with E-state index in [2.05, 4.69) is 23.2 Å². The summed E-state index contributed by atoms with van der Waals surface area (Å²) >= 11 is 6.14. The van der Waals surface area contributed by atoms with E-state index in [1.54, 1.807) is 19.1 Å². The second-order valence-corrected chi connectivity index (χ2v) is 8.37. The van der Waals surface area contributed by atoms with Gasteiger partial charge in [-0.2, -0.15) is 0 Å². The number of fused-ring (bicyclic) bond motifs is 1. The molecule has 0 amide bonds. The van der Waals surface area contributed by atoms with Gasteiger partial charge in [-0.05, 0) is 56.5 Å². The number of benzene rings is 2. The maximum Gasteiger partial charge on any atom is 0.338 e. The van der Waals surface area contributed by atoms with Crippen LogP contribution < -0.4 is 10.9 Å². The van der Waals surface area contributed by atoms with E-state index < -0.39 is 0 Å². The molecule has 0 radical (unpaired) electrons. The molecule has 0 saturated carbocycles. The van der Waals surface area contributed by atoms with Gasteiger partial charge in [0, 0.05) is 47.2 Å². The van der Waals surface area contributed by atoms with Gasteiger partial charge in [0.1, 0.15) is 5.58 Å². The van der Waals surface area contributed by atoms with E-state index in [0.717, 1.165) is 48.1 Å². The van der Waals surface area contributed by atoms with Crippen LogP contribution in [0.1, 0.15) is 48.7 Å². The molecule has 1 unspecified atom stereocenters. The minimum atomic E-state index is -0.372. The maximum atomic E-state index is 11.9. The first-order valence-corrected chi connectivity index (χ1v) is 10.6. The van der Waals surface area contributed by atoms with Crippen molar-refractivity contribution in [2.75, 3.05) is 18.4 Å². The van der Waals surface area contributed by atoms with Crippen molar-refractivity contribution >= 4 is 34.0 Å². The first-order chi connectivity index (χ1) is 14.4. The van der Waals surface area contributed by atoms with Crippen molar-refractivity contribution in [3.05, 3.63) is 75.1 Å². The van der Waals surface area contributed by atoms with Crippen LogP contribution in [-0.4, -0.2) is 29.8 Å². The molecule has 3 aromatic rings. The van der Waals surface area contributed by atoms with Crippen LogP contribution in [0.3, 0.4) is 0 Å². The first-order valence-electron chi connectivity index (χ1n) is 10.3. The SMILES string of the molecule is CC(=O)c1cccc(C(C)N2CCC(Nc3cc(=O)oc4ccc(Cl)cc34)CC2)c1. The Labute approximate surface area is 180 Å². The second-order valence-electron chi connectivity index (χ2n) is 7.93. The molecule has 4 rings (SSSR count). The minimum absolute atomic E-state index is 0.0895. The van der Waals surface area contributed by atoms with Gasteiger partial charge in [-0.1, -0.05) is 29.8 Å². The fourth-order valence-corrected chi connectivity index (χ4v) is 4.31. The Hall–Kier alpha value is -2.63. The van der Waals surface area contributed by atoms with Crippen LogP contribution in [0.25, 0.3) is 11.0 Å². The van der Waals surface area contributed by atoms with E-state index in [1.165, 1.54) is 6.07 Å². The Balaban J connectivity index is 1.45. The van der Waals surface area contributed by atoms with Crippen molar-refractivity contribution in [3.63, 3.8) is 0 Å². The van der Waals surface area contributed by atoms with Crippen LogP contribution in [0.2, 0.25) is 5.02 Å². The van der Waals surface area contributed by atoms with Crippen LogP contribution in [0.5, 0.6) is 0 Å². The summed E-state index contributed by atoms with van der Waals surface area (Å²) in [4.78, 5) is 26.1. The van der Waals surface area contributed by atoms with Crippen molar-refractivity contribution < 1.29 is 9.21 Å². The summed E-state index contributed by atoms with van der Waals surface area (Å²) in [5.74, 6) is 0.0895. The monoisotopic (exact) mass is 424 g/mol. The standard InChI is InChI=1S/C24H25ClN2O3/c1-15(17-4-3-5-18(12-17)16(2)28)27-10-8-20(9-11-27)26-22-14-24(29)30-23-7-6-19(25)13-21(22)23/h3-7,12-15,20,26H,8-11H2,1-2H3. The third kappa shape index (κ3) is 4.42. The number of hydrogen-bond acceptors (Lipinski definition) is 5. The zero-order valence-corrected chi connectivity index (χ0v) is 17.9. The molecule has 5 nitrogen and oxygen atoms in total. The highest BCUT2D eigenvalue weighted by molar-refractivity contribution is 6.31. The van der Waals surface area contributed by atoms with Gasteiger partial charge < -0.3 is 9.73 Å². The van der Waals surface area contributed by atoms with Crippen molar-refractivity contribution in [3.8, 4) is 0 Å². The lowest BCUT2D eigenvalue weighted by molar-refractivity contribution is 0.101. The van der Waals surface area contributed by atoms with Gasteiger partial charge in [0.05, 0.1) is 5.69 Å². The highest BCUT2D eigenvalue weighted by Crippen LogP contribution is 2.29. The van der Waals surface area contributed by atoms with Crippen LogP contribution in [-0.2, 0) is 0 Å². The molecule has 6 heteroatoms. The van der Waals surface area contributed by atoms with Crippen LogP contribution >= 0.6 is 11.6 Å². The lowest BCUT2D eigenvalue weighted by Gasteiger charge is -2.37. The average Bonchev–Trinajstić information content (AvgIpc) is 2.74. The molecular formula is C24H25ClN2O3. The molecule has 2 aromatic carbocycles. The number of halogens is 1. The number of Topliss-reactive ketones (excluding diaryl/α,β-unsaturated/α-hetero) is 1. The first kappa shape index (κ1) is 20.6. The van der Waals surface area contributed by atoms with Gasteiger partial charge in [-0.25, -0.2) is 4.79 Å². The fraction of sp³-hybridized carbons (Fsp3) is 0.333. The third-order valence-corrected chi connectivity index (χ3v) is 6.15. The van der Waals surface area contributed by atoms with Gasteiger partial charge in [-0.15, -0.1) is 0 Å². The molecule has 1 N–H and O–H groups in total. The van der Waals surface area contributed by atoms with Crippen LogP contribution in [0.4, 0.5) is 5.69 Å². The highest BCUT2D eigenvalue weighted by atomic mass is 35.5.